The van der Waals surface area contributed by atoms with Crippen LogP contribution in [0.25, 0.3) is 0 Å². The molecule has 1 amide bonds. The normalized spacial score (nSPS) is 15.3. The van der Waals surface area contributed by atoms with Gasteiger partial charge in [0.05, 0.1) is 18.7 Å². The van der Waals surface area contributed by atoms with Gasteiger partial charge in [0.1, 0.15) is 19.3 Å². The fourth-order valence-corrected chi connectivity index (χ4v) is 3.08. The van der Waals surface area contributed by atoms with Crippen LogP contribution < -0.4 is 9.88 Å². The first kappa shape index (κ1) is 18.2. The largest absolute Gasteiger partial charge is 0.419 e. The molecular weight excluding hydrogens is 343 g/mol. The number of nitrogens with one attached hydrogen (secondary N) is 1. The Bertz CT molecular complexity index is 795. The van der Waals surface area contributed by atoms with E-state index in [0.717, 1.165) is 23.4 Å². The van der Waals surface area contributed by atoms with E-state index in [2.05, 4.69) is 4.98 Å². The molecule has 4 nitrogen and oxygen atoms in total. The zero-order chi connectivity index (χ0) is 18.9. The van der Waals surface area contributed by atoms with Gasteiger partial charge in [-0.2, -0.15) is 13.2 Å². The molecule has 0 unspecified atom stereocenters. The van der Waals surface area contributed by atoms with Crippen molar-refractivity contribution in [3.63, 3.8) is 0 Å². The van der Waals surface area contributed by atoms with Crippen LogP contribution >= 0.6 is 0 Å². The summed E-state index contributed by atoms with van der Waals surface area (Å²) in [6, 6.07) is 8.32. The first-order valence-corrected chi connectivity index (χ1v) is 8.46. The van der Waals surface area contributed by atoms with Gasteiger partial charge in [-0.15, -0.1) is 0 Å². The Morgan fingerprint density at radius 2 is 1.73 bits per heavy atom. The van der Waals surface area contributed by atoms with Crippen molar-refractivity contribution in [3.8, 4) is 0 Å². The van der Waals surface area contributed by atoms with E-state index in [4.69, 9.17) is 0 Å². The van der Waals surface area contributed by atoms with Crippen molar-refractivity contribution in [3.05, 3.63) is 58.8 Å². The Kier molecular flexibility index (Phi) is 4.89. The number of amides is 1. The van der Waals surface area contributed by atoms with Crippen molar-refractivity contribution >= 4 is 11.7 Å². The van der Waals surface area contributed by atoms with Crippen molar-refractivity contribution in [2.45, 2.75) is 20.0 Å². The van der Waals surface area contributed by atoms with E-state index < -0.39 is 11.7 Å². The van der Waals surface area contributed by atoms with E-state index in [0.29, 0.717) is 37.6 Å². The zero-order valence-corrected chi connectivity index (χ0v) is 14.7. The summed E-state index contributed by atoms with van der Waals surface area (Å²) in [5, 5.41) is 0. The molecule has 2 aromatic rings. The highest BCUT2D eigenvalue weighted by molar-refractivity contribution is 5.96. The highest BCUT2D eigenvalue weighted by Crippen LogP contribution is 2.28. The number of piperazine rings is 1. The monoisotopic (exact) mass is 364 g/mol. The van der Waals surface area contributed by atoms with Crippen LogP contribution in [0.4, 0.5) is 19.0 Å². The average Bonchev–Trinajstić information content (AvgIpc) is 2.63. The summed E-state index contributed by atoms with van der Waals surface area (Å²) in [5.74, 6) is 0.624. The second-order valence-electron chi connectivity index (χ2n) is 6.56. The smallest absolute Gasteiger partial charge is 0.331 e. The van der Waals surface area contributed by atoms with E-state index in [1.54, 1.807) is 4.90 Å². The molecule has 2 heterocycles. The second kappa shape index (κ2) is 6.97. The third-order valence-electron chi connectivity index (χ3n) is 4.65. The van der Waals surface area contributed by atoms with Crippen LogP contribution in [0.2, 0.25) is 0 Å². The molecule has 3 rings (SSSR count). The predicted molar refractivity (Wildman–Crippen MR) is 92.0 cm³/mol. The number of halogens is 3. The van der Waals surface area contributed by atoms with Crippen LogP contribution in [0.1, 0.15) is 27.0 Å². The predicted octanol–water partition coefficient (Wildman–Crippen LogP) is 3.10. The fraction of sp³-hybridized carbons (Fsp3) is 0.368. The minimum atomic E-state index is -4.36. The number of anilines is 1. The summed E-state index contributed by atoms with van der Waals surface area (Å²) in [4.78, 5) is 19.2. The lowest BCUT2D eigenvalue weighted by Gasteiger charge is -2.31. The Labute approximate surface area is 150 Å². The van der Waals surface area contributed by atoms with E-state index in [1.807, 2.05) is 36.9 Å². The third kappa shape index (κ3) is 3.81. The Morgan fingerprint density at radius 3 is 2.31 bits per heavy atom. The number of H-pyrrole nitrogens is 1. The van der Waals surface area contributed by atoms with Gasteiger partial charge in [0.2, 0.25) is 0 Å². The topological polar surface area (TPSA) is 37.7 Å². The molecule has 0 atom stereocenters. The van der Waals surface area contributed by atoms with Crippen LogP contribution in [0.3, 0.4) is 0 Å². The first-order chi connectivity index (χ1) is 12.3. The SMILES string of the molecule is Cc1ccc(C)c(C(=O)N2CCN(c3ccc(C(F)(F)F)c[nH+]3)CC2)c1. The van der Waals surface area contributed by atoms with E-state index in [-0.39, 0.29) is 5.91 Å². The Balaban J connectivity index is 1.65. The number of benzene rings is 1. The maximum atomic E-state index is 12.7. The molecule has 1 aromatic heterocycles. The van der Waals surface area contributed by atoms with Crippen LogP contribution in [0, 0.1) is 13.8 Å². The number of aromatic nitrogens is 1. The number of carbonyl (C=O) groups is 1. The van der Waals surface area contributed by atoms with E-state index in [9.17, 15) is 18.0 Å². The number of carbonyl (C=O) groups excluding carboxylic acids is 1. The van der Waals surface area contributed by atoms with Crippen LogP contribution in [-0.4, -0.2) is 37.0 Å². The first-order valence-electron chi connectivity index (χ1n) is 8.46. The highest BCUT2D eigenvalue weighted by atomic mass is 19.4. The number of aryl methyl sites for hydroxylation is 2. The van der Waals surface area contributed by atoms with Gasteiger partial charge in [-0.25, -0.2) is 4.98 Å². The molecular formula is C19H21F3N3O+. The van der Waals surface area contributed by atoms with Gasteiger partial charge in [0.15, 0.2) is 0 Å². The molecule has 1 fully saturated rings. The number of nitrogens with zero attached hydrogens (tertiary/aromatic N) is 2. The number of hydrogen-bond donors (Lipinski definition) is 0. The van der Waals surface area contributed by atoms with E-state index in [1.165, 1.54) is 6.07 Å². The molecule has 0 radical (unpaired) electrons. The molecule has 0 spiro atoms. The fourth-order valence-electron chi connectivity index (χ4n) is 3.08. The molecule has 1 aliphatic heterocycles. The van der Waals surface area contributed by atoms with Gasteiger partial charge >= 0.3 is 6.18 Å². The lowest BCUT2D eigenvalue weighted by Crippen LogP contribution is -2.50. The Morgan fingerprint density at radius 1 is 1.04 bits per heavy atom. The second-order valence-corrected chi connectivity index (χ2v) is 6.56. The maximum Gasteiger partial charge on any atom is 0.419 e. The van der Waals surface area contributed by atoms with Gasteiger partial charge < -0.3 is 4.90 Å². The molecule has 1 aliphatic rings. The van der Waals surface area contributed by atoms with Gasteiger partial charge in [-0.3, -0.25) is 9.69 Å². The molecule has 0 aliphatic carbocycles. The molecule has 0 saturated carbocycles. The molecule has 0 bridgehead atoms. The molecule has 7 heteroatoms. The zero-order valence-electron chi connectivity index (χ0n) is 14.7. The van der Waals surface area contributed by atoms with Crippen LogP contribution in [-0.2, 0) is 6.18 Å². The van der Waals surface area contributed by atoms with Crippen LogP contribution in [0.5, 0.6) is 0 Å². The molecule has 1 N–H and O–H groups in total. The number of hydrogen-bond acceptors (Lipinski definition) is 2. The van der Waals surface area contributed by atoms with E-state index >= 15 is 0 Å². The van der Waals surface area contributed by atoms with Crippen molar-refractivity contribution in [2.75, 3.05) is 31.1 Å². The van der Waals surface area contributed by atoms with Gasteiger partial charge in [-0.1, -0.05) is 17.7 Å². The van der Waals surface area contributed by atoms with Crippen molar-refractivity contribution in [1.82, 2.24) is 4.90 Å². The van der Waals surface area contributed by atoms with Crippen molar-refractivity contribution in [2.24, 2.45) is 0 Å². The van der Waals surface area contributed by atoms with Crippen LogP contribution in [0.15, 0.2) is 36.5 Å². The average molecular weight is 364 g/mol. The molecule has 138 valence electrons. The molecule has 1 saturated heterocycles. The number of pyridine rings is 1. The van der Waals surface area contributed by atoms with Gasteiger partial charge in [0.25, 0.3) is 11.7 Å². The number of rotatable bonds is 2. The summed E-state index contributed by atoms with van der Waals surface area (Å²) in [7, 11) is 0. The van der Waals surface area contributed by atoms with Gasteiger partial charge in [0, 0.05) is 11.6 Å². The summed E-state index contributed by atoms with van der Waals surface area (Å²) >= 11 is 0. The molecule has 26 heavy (non-hydrogen) atoms. The lowest BCUT2D eigenvalue weighted by molar-refractivity contribution is -0.367. The minimum absolute atomic E-state index is 0.00208. The lowest BCUT2D eigenvalue weighted by atomic mass is 10.0. The summed E-state index contributed by atoms with van der Waals surface area (Å²) < 4.78 is 37.9. The van der Waals surface area contributed by atoms with Crippen molar-refractivity contribution in [1.29, 1.82) is 0 Å². The summed E-state index contributed by atoms with van der Waals surface area (Å²) in [5.41, 5.74) is 1.99. The van der Waals surface area contributed by atoms with Crippen molar-refractivity contribution < 1.29 is 22.9 Å². The molecule has 1 aromatic carbocycles. The third-order valence-corrected chi connectivity index (χ3v) is 4.65. The minimum Gasteiger partial charge on any atom is -0.331 e. The highest BCUT2D eigenvalue weighted by Gasteiger charge is 2.33. The maximum absolute atomic E-state index is 12.7. The standard InChI is InChI=1S/C19H20F3N3O/c1-13-3-4-14(2)16(11-13)18(26)25-9-7-24(8-10-25)17-6-5-15(12-23-17)19(20,21)22/h3-6,11-12H,7-10H2,1-2H3/p+1. The number of aromatic amines is 1. The number of alkyl halides is 3. The van der Waals surface area contributed by atoms with Gasteiger partial charge in [-0.05, 0) is 31.5 Å². The Hall–Kier alpha value is -2.57. The summed E-state index contributed by atoms with van der Waals surface area (Å²) in [6.45, 7) is 6.06. The quantitative estimate of drug-likeness (QED) is 0.821. The summed E-state index contributed by atoms with van der Waals surface area (Å²) in [6.07, 6.45) is -3.38.